The van der Waals surface area contributed by atoms with Gasteiger partial charge in [-0.1, -0.05) is 18.7 Å². The standard InChI is InChI=1S/C19H20N2O3S/c1-3-12-24-16-10-8-15(9-11-16)20-19(25)21-18(22)14-6-5-7-17(13-14)23-4-2/h3,5-11,13H,1,4,12H2,2H3,(H2,20,21,22,25). The van der Waals surface area contributed by atoms with E-state index in [2.05, 4.69) is 17.2 Å². The first-order valence-corrected chi connectivity index (χ1v) is 8.22. The maximum atomic E-state index is 12.3. The Morgan fingerprint density at radius 1 is 1.16 bits per heavy atom. The smallest absolute Gasteiger partial charge is 0.257 e. The molecule has 0 atom stereocenters. The quantitative estimate of drug-likeness (QED) is 0.584. The molecule has 0 spiro atoms. The molecule has 2 aromatic carbocycles. The van der Waals surface area contributed by atoms with Gasteiger partial charge in [-0.15, -0.1) is 0 Å². The van der Waals surface area contributed by atoms with Crippen molar-refractivity contribution in [2.75, 3.05) is 18.5 Å². The zero-order chi connectivity index (χ0) is 18.1. The van der Waals surface area contributed by atoms with Crippen molar-refractivity contribution >= 4 is 28.9 Å². The molecule has 2 aromatic rings. The van der Waals surface area contributed by atoms with Crippen molar-refractivity contribution < 1.29 is 14.3 Å². The minimum Gasteiger partial charge on any atom is -0.494 e. The van der Waals surface area contributed by atoms with E-state index in [-0.39, 0.29) is 11.0 Å². The minimum atomic E-state index is -0.301. The van der Waals surface area contributed by atoms with Gasteiger partial charge < -0.3 is 14.8 Å². The molecular formula is C19H20N2O3S. The lowest BCUT2D eigenvalue weighted by Gasteiger charge is -2.11. The Hall–Kier alpha value is -2.86. The molecule has 0 saturated carbocycles. The third-order valence-corrected chi connectivity index (χ3v) is 3.32. The normalized spacial score (nSPS) is 9.80. The van der Waals surface area contributed by atoms with Crippen LogP contribution in [0.15, 0.2) is 61.2 Å². The van der Waals surface area contributed by atoms with Crippen molar-refractivity contribution in [1.29, 1.82) is 0 Å². The number of ether oxygens (including phenoxy) is 2. The van der Waals surface area contributed by atoms with Crippen molar-refractivity contribution in [3.05, 3.63) is 66.7 Å². The van der Waals surface area contributed by atoms with Crippen LogP contribution in [0.1, 0.15) is 17.3 Å². The van der Waals surface area contributed by atoms with Gasteiger partial charge in [-0.3, -0.25) is 10.1 Å². The first-order chi connectivity index (χ1) is 12.1. The summed E-state index contributed by atoms with van der Waals surface area (Å²) in [5.74, 6) is 1.07. The Morgan fingerprint density at radius 3 is 2.60 bits per heavy atom. The van der Waals surface area contributed by atoms with Crippen LogP contribution >= 0.6 is 12.2 Å². The number of hydrogen-bond donors (Lipinski definition) is 2. The fraction of sp³-hybridized carbons (Fsp3) is 0.158. The van der Waals surface area contributed by atoms with E-state index in [1.165, 1.54) is 0 Å². The molecule has 0 heterocycles. The van der Waals surface area contributed by atoms with Crippen LogP contribution in [0.5, 0.6) is 11.5 Å². The van der Waals surface area contributed by atoms with E-state index < -0.39 is 0 Å². The van der Waals surface area contributed by atoms with Gasteiger partial charge in [0.05, 0.1) is 6.61 Å². The summed E-state index contributed by atoms with van der Waals surface area (Å²) in [5.41, 5.74) is 1.22. The van der Waals surface area contributed by atoms with E-state index in [1.807, 2.05) is 31.2 Å². The van der Waals surface area contributed by atoms with Gasteiger partial charge in [-0.2, -0.15) is 0 Å². The number of benzene rings is 2. The molecule has 0 aromatic heterocycles. The molecule has 2 N–H and O–H groups in total. The lowest BCUT2D eigenvalue weighted by atomic mass is 10.2. The average Bonchev–Trinajstić information content (AvgIpc) is 2.61. The Kier molecular flexibility index (Phi) is 6.98. The average molecular weight is 356 g/mol. The van der Waals surface area contributed by atoms with E-state index in [9.17, 15) is 4.79 Å². The van der Waals surface area contributed by atoms with Crippen LogP contribution in [0.4, 0.5) is 5.69 Å². The predicted octanol–water partition coefficient (Wildman–Crippen LogP) is 3.78. The zero-order valence-electron chi connectivity index (χ0n) is 14.0. The lowest BCUT2D eigenvalue weighted by Crippen LogP contribution is -2.34. The summed E-state index contributed by atoms with van der Waals surface area (Å²) >= 11 is 5.18. The van der Waals surface area contributed by atoms with Crippen molar-refractivity contribution in [3.63, 3.8) is 0 Å². The highest BCUT2D eigenvalue weighted by Gasteiger charge is 2.09. The molecule has 0 aliphatic rings. The van der Waals surface area contributed by atoms with Gasteiger partial charge in [-0.05, 0) is 61.6 Å². The molecule has 6 heteroatoms. The summed E-state index contributed by atoms with van der Waals surface area (Å²) in [6, 6.07) is 14.2. The minimum absolute atomic E-state index is 0.214. The number of hydrogen-bond acceptors (Lipinski definition) is 4. The molecule has 0 aliphatic heterocycles. The molecule has 0 aliphatic carbocycles. The Morgan fingerprint density at radius 2 is 1.92 bits per heavy atom. The Labute approximate surface area is 152 Å². The largest absolute Gasteiger partial charge is 0.494 e. The Bertz CT molecular complexity index is 745. The van der Waals surface area contributed by atoms with Gasteiger partial charge in [0, 0.05) is 11.3 Å². The van der Waals surface area contributed by atoms with Crippen molar-refractivity contribution in [1.82, 2.24) is 5.32 Å². The van der Waals surface area contributed by atoms with E-state index in [0.717, 1.165) is 11.4 Å². The van der Waals surface area contributed by atoms with E-state index >= 15 is 0 Å². The highest BCUT2D eigenvalue weighted by Crippen LogP contribution is 2.16. The van der Waals surface area contributed by atoms with Gasteiger partial charge in [0.1, 0.15) is 18.1 Å². The van der Waals surface area contributed by atoms with Gasteiger partial charge in [-0.25, -0.2) is 0 Å². The molecule has 0 fully saturated rings. The van der Waals surface area contributed by atoms with Crippen LogP contribution in [0, 0.1) is 0 Å². The summed E-state index contributed by atoms with van der Waals surface area (Å²) in [6.07, 6.45) is 1.68. The highest BCUT2D eigenvalue weighted by atomic mass is 32.1. The van der Waals surface area contributed by atoms with Crippen molar-refractivity contribution in [2.24, 2.45) is 0 Å². The van der Waals surface area contributed by atoms with Crippen molar-refractivity contribution in [3.8, 4) is 11.5 Å². The molecule has 0 unspecified atom stereocenters. The summed E-state index contributed by atoms with van der Waals surface area (Å²) in [6.45, 7) is 6.47. The van der Waals surface area contributed by atoms with E-state index in [0.29, 0.717) is 24.5 Å². The molecule has 0 saturated heterocycles. The first kappa shape index (κ1) is 18.5. The summed E-state index contributed by atoms with van der Waals surface area (Å²) in [7, 11) is 0. The fourth-order valence-electron chi connectivity index (χ4n) is 2.02. The Balaban J connectivity index is 1.92. The van der Waals surface area contributed by atoms with Crippen LogP contribution in [-0.4, -0.2) is 24.2 Å². The van der Waals surface area contributed by atoms with Gasteiger partial charge in [0.25, 0.3) is 5.91 Å². The third kappa shape index (κ3) is 5.93. The van der Waals surface area contributed by atoms with Crippen LogP contribution < -0.4 is 20.1 Å². The monoisotopic (exact) mass is 356 g/mol. The third-order valence-electron chi connectivity index (χ3n) is 3.11. The second kappa shape index (κ2) is 9.44. The van der Waals surface area contributed by atoms with Gasteiger partial charge >= 0.3 is 0 Å². The molecule has 130 valence electrons. The SMILES string of the molecule is C=CCOc1ccc(NC(=S)NC(=O)c2cccc(OCC)c2)cc1. The van der Waals surface area contributed by atoms with Crippen LogP contribution in [-0.2, 0) is 0 Å². The molecule has 0 bridgehead atoms. The molecule has 5 nitrogen and oxygen atoms in total. The topological polar surface area (TPSA) is 59.6 Å². The molecule has 25 heavy (non-hydrogen) atoms. The van der Waals surface area contributed by atoms with Crippen LogP contribution in [0.2, 0.25) is 0 Å². The maximum Gasteiger partial charge on any atom is 0.257 e. The van der Waals surface area contributed by atoms with Crippen LogP contribution in [0.3, 0.4) is 0 Å². The second-order valence-corrected chi connectivity index (χ2v) is 5.40. The fourth-order valence-corrected chi connectivity index (χ4v) is 2.23. The summed E-state index contributed by atoms with van der Waals surface area (Å²) in [5, 5.41) is 5.82. The number of carbonyl (C=O) groups excluding carboxylic acids is 1. The first-order valence-electron chi connectivity index (χ1n) is 7.81. The highest BCUT2D eigenvalue weighted by molar-refractivity contribution is 7.80. The van der Waals surface area contributed by atoms with Gasteiger partial charge in [0.15, 0.2) is 5.11 Å². The number of rotatable bonds is 7. The van der Waals surface area contributed by atoms with E-state index in [1.54, 1.807) is 30.3 Å². The maximum absolute atomic E-state index is 12.3. The number of anilines is 1. The van der Waals surface area contributed by atoms with Gasteiger partial charge in [0.2, 0.25) is 0 Å². The number of nitrogens with one attached hydrogen (secondary N) is 2. The second-order valence-electron chi connectivity index (χ2n) is 4.99. The number of carbonyl (C=O) groups is 1. The zero-order valence-corrected chi connectivity index (χ0v) is 14.8. The summed E-state index contributed by atoms with van der Waals surface area (Å²) < 4.78 is 10.8. The lowest BCUT2D eigenvalue weighted by molar-refractivity contribution is 0.0977. The molecule has 1 amide bonds. The summed E-state index contributed by atoms with van der Waals surface area (Å²) in [4.78, 5) is 12.3. The van der Waals surface area contributed by atoms with E-state index in [4.69, 9.17) is 21.7 Å². The van der Waals surface area contributed by atoms with Crippen molar-refractivity contribution in [2.45, 2.75) is 6.92 Å². The molecular weight excluding hydrogens is 336 g/mol. The molecule has 2 rings (SSSR count). The predicted molar refractivity (Wildman–Crippen MR) is 103 cm³/mol. The number of amides is 1. The number of thiocarbonyl (C=S) groups is 1. The molecule has 0 radical (unpaired) electrons. The van der Waals surface area contributed by atoms with Crippen LogP contribution in [0.25, 0.3) is 0 Å².